The van der Waals surface area contributed by atoms with Crippen molar-refractivity contribution in [2.75, 3.05) is 6.79 Å². The maximum Gasteiger partial charge on any atom is 0.231 e. The number of rotatable bonds is 5. The average molecular weight is 405 g/mol. The van der Waals surface area contributed by atoms with E-state index in [0.717, 1.165) is 22.7 Å². The smallest absolute Gasteiger partial charge is 0.231 e. The third kappa shape index (κ3) is 3.45. The second-order valence-corrected chi connectivity index (χ2v) is 7.38. The maximum absolute atomic E-state index is 14.4. The number of fused-ring (bicyclic) bond motifs is 1. The van der Waals surface area contributed by atoms with E-state index in [-0.39, 0.29) is 12.6 Å². The third-order valence-corrected chi connectivity index (χ3v) is 5.57. The number of hydrogen-bond acceptors (Lipinski definition) is 5. The standard InChI is InChI=1S/C22H16FN3O2S/c23-18-9-5-4-8-17(18)21-24-25-22(26(21)16-6-2-1-3-7-16)29-13-15-10-11-19-20(12-15)28-14-27-19/h1-12H,13-14H2. The third-order valence-electron chi connectivity index (χ3n) is 4.57. The van der Waals surface area contributed by atoms with E-state index in [1.165, 1.54) is 17.8 Å². The molecule has 0 saturated heterocycles. The fraction of sp³-hybridized carbons (Fsp3) is 0.0909. The van der Waals surface area contributed by atoms with Crippen LogP contribution < -0.4 is 9.47 Å². The van der Waals surface area contributed by atoms with Crippen LogP contribution in [0.4, 0.5) is 4.39 Å². The van der Waals surface area contributed by atoms with Gasteiger partial charge in [0, 0.05) is 11.4 Å². The van der Waals surface area contributed by atoms with Gasteiger partial charge in [0.05, 0.1) is 5.56 Å². The minimum absolute atomic E-state index is 0.250. The Balaban J connectivity index is 1.51. The van der Waals surface area contributed by atoms with E-state index < -0.39 is 0 Å². The zero-order valence-electron chi connectivity index (χ0n) is 15.3. The van der Waals surface area contributed by atoms with Gasteiger partial charge in [-0.15, -0.1) is 10.2 Å². The van der Waals surface area contributed by atoms with Crippen LogP contribution in [0.25, 0.3) is 17.1 Å². The maximum atomic E-state index is 14.4. The topological polar surface area (TPSA) is 49.2 Å². The summed E-state index contributed by atoms with van der Waals surface area (Å²) in [6.45, 7) is 0.250. The van der Waals surface area contributed by atoms with Gasteiger partial charge in [-0.3, -0.25) is 4.57 Å². The second kappa shape index (κ2) is 7.60. The molecule has 29 heavy (non-hydrogen) atoms. The Bertz CT molecular complexity index is 1160. The normalized spacial score (nSPS) is 12.3. The van der Waals surface area contributed by atoms with E-state index in [4.69, 9.17) is 9.47 Å². The van der Waals surface area contributed by atoms with Crippen LogP contribution in [0, 0.1) is 5.82 Å². The highest BCUT2D eigenvalue weighted by atomic mass is 32.2. The van der Waals surface area contributed by atoms with Crippen LogP contribution in [0.15, 0.2) is 78.0 Å². The van der Waals surface area contributed by atoms with Crippen molar-refractivity contribution < 1.29 is 13.9 Å². The van der Waals surface area contributed by atoms with Gasteiger partial charge in [0.15, 0.2) is 22.5 Å². The molecule has 3 aromatic carbocycles. The van der Waals surface area contributed by atoms with E-state index >= 15 is 0 Å². The van der Waals surface area contributed by atoms with Gasteiger partial charge in [-0.2, -0.15) is 0 Å². The molecular weight excluding hydrogens is 389 g/mol. The highest BCUT2D eigenvalue weighted by molar-refractivity contribution is 7.98. The predicted octanol–water partition coefficient (Wildman–Crippen LogP) is 5.09. The lowest BCUT2D eigenvalue weighted by molar-refractivity contribution is 0.174. The molecule has 4 aromatic rings. The minimum atomic E-state index is -0.329. The molecule has 2 heterocycles. The van der Waals surface area contributed by atoms with Crippen molar-refractivity contribution in [2.45, 2.75) is 10.9 Å². The molecule has 0 radical (unpaired) electrons. The molecule has 1 aliphatic heterocycles. The lowest BCUT2D eigenvalue weighted by Crippen LogP contribution is -2.00. The molecule has 0 aliphatic carbocycles. The van der Waals surface area contributed by atoms with Gasteiger partial charge in [-0.25, -0.2) is 4.39 Å². The van der Waals surface area contributed by atoms with E-state index in [0.29, 0.717) is 22.3 Å². The Morgan fingerprint density at radius 3 is 2.55 bits per heavy atom. The van der Waals surface area contributed by atoms with Crippen LogP contribution in [0.5, 0.6) is 11.5 Å². The number of nitrogens with zero attached hydrogens (tertiary/aromatic N) is 3. The Labute approximate surface area is 171 Å². The van der Waals surface area contributed by atoms with Crippen molar-refractivity contribution in [3.05, 3.63) is 84.2 Å². The van der Waals surface area contributed by atoms with Gasteiger partial charge in [-0.1, -0.05) is 48.2 Å². The van der Waals surface area contributed by atoms with Crippen molar-refractivity contribution in [3.8, 4) is 28.6 Å². The lowest BCUT2D eigenvalue weighted by atomic mass is 10.2. The molecule has 1 aliphatic rings. The number of para-hydroxylation sites is 1. The molecule has 5 rings (SSSR count). The van der Waals surface area contributed by atoms with Crippen LogP contribution in [0.1, 0.15) is 5.56 Å². The van der Waals surface area contributed by atoms with Crippen molar-refractivity contribution in [1.29, 1.82) is 0 Å². The van der Waals surface area contributed by atoms with Crippen LogP contribution in [0.2, 0.25) is 0 Å². The molecule has 0 N–H and O–H groups in total. The summed E-state index contributed by atoms with van der Waals surface area (Å²) in [5, 5.41) is 9.34. The Kier molecular flexibility index (Phi) is 4.65. The highest BCUT2D eigenvalue weighted by Gasteiger charge is 2.19. The van der Waals surface area contributed by atoms with Crippen molar-refractivity contribution >= 4 is 11.8 Å². The van der Waals surface area contributed by atoms with Crippen molar-refractivity contribution in [3.63, 3.8) is 0 Å². The lowest BCUT2D eigenvalue weighted by Gasteiger charge is -2.11. The first-order valence-corrected chi connectivity index (χ1v) is 10.1. The molecule has 0 atom stereocenters. The fourth-order valence-electron chi connectivity index (χ4n) is 3.17. The molecule has 0 amide bonds. The minimum Gasteiger partial charge on any atom is -0.454 e. The first-order valence-electron chi connectivity index (χ1n) is 9.07. The molecule has 0 saturated carbocycles. The molecule has 7 heteroatoms. The summed E-state index contributed by atoms with van der Waals surface area (Å²) in [4.78, 5) is 0. The summed E-state index contributed by atoms with van der Waals surface area (Å²) in [5.74, 6) is 2.32. The number of halogens is 1. The number of hydrogen-bond donors (Lipinski definition) is 0. The van der Waals surface area contributed by atoms with Gasteiger partial charge in [0.1, 0.15) is 5.82 Å². The Hall–Kier alpha value is -3.32. The first-order chi connectivity index (χ1) is 14.3. The number of ether oxygens (including phenoxy) is 2. The average Bonchev–Trinajstić information content (AvgIpc) is 3.39. The molecule has 0 fully saturated rings. The zero-order chi connectivity index (χ0) is 19.6. The molecular formula is C22H16FN3O2S. The highest BCUT2D eigenvalue weighted by Crippen LogP contribution is 2.35. The summed E-state index contributed by atoms with van der Waals surface area (Å²) in [6.07, 6.45) is 0. The van der Waals surface area contributed by atoms with Gasteiger partial charge < -0.3 is 9.47 Å². The fourth-order valence-corrected chi connectivity index (χ4v) is 4.06. The van der Waals surface area contributed by atoms with Crippen LogP contribution in [-0.4, -0.2) is 21.6 Å². The van der Waals surface area contributed by atoms with Gasteiger partial charge in [0.25, 0.3) is 0 Å². The van der Waals surface area contributed by atoms with Gasteiger partial charge in [-0.05, 0) is 42.0 Å². The summed E-state index contributed by atoms with van der Waals surface area (Å²) in [7, 11) is 0. The van der Waals surface area contributed by atoms with Crippen LogP contribution in [-0.2, 0) is 5.75 Å². The Morgan fingerprint density at radius 2 is 1.69 bits per heavy atom. The van der Waals surface area contributed by atoms with E-state index in [2.05, 4.69) is 10.2 Å². The molecule has 0 spiro atoms. The predicted molar refractivity (Wildman–Crippen MR) is 109 cm³/mol. The summed E-state index contributed by atoms with van der Waals surface area (Å²) in [6, 6.07) is 22.2. The van der Waals surface area contributed by atoms with E-state index in [9.17, 15) is 4.39 Å². The molecule has 1 aromatic heterocycles. The van der Waals surface area contributed by atoms with Crippen LogP contribution in [0.3, 0.4) is 0 Å². The van der Waals surface area contributed by atoms with E-state index in [1.807, 2.05) is 53.1 Å². The first kappa shape index (κ1) is 17.8. The van der Waals surface area contributed by atoms with Gasteiger partial charge in [0.2, 0.25) is 6.79 Å². The van der Waals surface area contributed by atoms with Crippen molar-refractivity contribution in [1.82, 2.24) is 14.8 Å². The Morgan fingerprint density at radius 1 is 0.897 bits per heavy atom. The van der Waals surface area contributed by atoms with E-state index in [1.54, 1.807) is 18.2 Å². The number of thioether (sulfide) groups is 1. The molecule has 144 valence electrons. The molecule has 0 unspecified atom stereocenters. The zero-order valence-corrected chi connectivity index (χ0v) is 16.1. The summed E-state index contributed by atoms with van der Waals surface area (Å²) >= 11 is 1.53. The second-order valence-electron chi connectivity index (χ2n) is 6.43. The van der Waals surface area contributed by atoms with Crippen LogP contribution >= 0.6 is 11.8 Å². The number of benzene rings is 3. The van der Waals surface area contributed by atoms with Gasteiger partial charge >= 0.3 is 0 Å². The monoisotopic (exact) mass is 405 g/mol. The molecule has 0 bridgehead atoms. The summed E-state index contributed by atoms with van der Waals surface area (Å²) in [5.41, 5.74) is 2.37. The summed E-state index contributed by atoms with van der Waals surface area (Å²) < 4.78 is 27.1. The molecule has 5 nitrogen and oxygen atoms in total. The van der Waals surface area contributed by atoms with Crippen molar-refractivity contribution in [2.24, 2.45) is 0 Å². The quantitative estimate of drug-likeness (QED) is 0.433. The largest absolute Gasteiger partial charge is 0.454 e. The number of aromatic nitrogens is 3. The SMILES string of the molecule is Fc1ccccc1-c1nnc(SCc2ccc3c(c2)OCO3)n1-c1ccccc1.